The smallest absolute Gasteiger partial charge is 0.329 e. The minimum atomic E-state index is -0.608. The average molecular weight is 499 g/mol. The van der Waals surface area contributed by atoms with Gasteiger partial charge in [0, 0.05) is 42.4 Å². The Bertz CT molecular complexity index is 1340. The number of rotatable bonds is 7. The van der Waals surface area contributed by atoms with E-state index in [1.165, 1.54) is 4.57 Å². The van der Waals surface area contributed by atoms with E-state index in [4.69, 9.17) is 16.3 Å². The van der Waals surface area contributed by atoms with Crippen molar-refractivity contribution >= 4 is 28.5 Å². The number of amides is 1. The molecule has 0 aliphatic carbocycles. The molecule has 3 heterocycles. The van der Waals surface area contributed by atoms with E-state index in [1.54, 1.807) is 6.07 Å². The summed E-state index contributed by atoms with van der Waals surface area (Å²) >= 11 is 6.10. The molecule has 8 nitrogen and oxygen atoms in total. The number of hydrogen-bond donors (Lipinski definition) is 2. The fourth-order valence-corrected chi connectivity index (χ4v) is 4.80. The summed E-state index contributed by atoms with van der Waals surface area (Å²) in [4.78, 5) is 45.9. The molecule has 35 heavy (non-hydrogen) atoms. The monoisotopic (exact) mass is 498 g/mol. The van der Waals surface area contributed by atoms with Crippen LogP contribution in [0.15, 0.2) is 39.9 Å². The van der Waals surface area contributed by atoms with Gasteiger partial charge >= 0.3 is 5.69 Å². The second-order valence-corrected chi connectivity index (χ2v) is 9.88. The molecule has 0 radical (unpaired) electrons. The number of nitrogens with zero attached hydrogens (tertiary/aromatic N) is 2. The number of nitrogens with one attached hydrogen (secondary N) is 2. The number of aryl methyl sites for hydroxylation is 1. The lowest BCUT2D eigenvalue weighted by Gasteiger charge is -2.38. The molecule has 1 aliphatic rings. The largest absolute Gasteiger partial charge is 0.381 e. The van der Waals surface area contributed by atoms with E-state index in [-0.39, 0.29) is 33.8 Å². The molecule has 0 saturated carbocycles. The molecule has 4 rings (SSSR count). The van der Waals surface area contributed by atoms with E-state index in [2.05, 4.69) is 15.3 Å². The summed E-state index contributed by atoms with van der Waals surface area (Å²) in [6.07, 6.45) is 2.18. The van der Waals surface area contributed by atoms with Gasteiger partial charge in [-0.2, -0.15) is 0 Å². The molecule has 1 aliphatic heterocycles. The van der Waals surface area contributed by atoms with E-state index >= 15 is 0 Å². The van der Waals surface area contributed by atoms with Crippen molar-refractivity contribution in [3.63, 3.8) is 0 Å². The summed E-state index contributed by atoms with van der Waals surface area (Å²) in [6, 6.07) is 9.36. The number of carbonyl (C=O) groups is 1. The van der Waals surface area contributed by atoms with Gasteiger partial charge in [0.05, 0.1) is 10.9 Å². The lowest BCUT2D eigenvalue weighted by Crippen LogP contribution is -2.45. The third-order valence-electron chi connectivity index (χ3n) is 6.75. The zero-order valence-electron chi connectivity index (χ0n) is 20.3. The second kappa shape index (κ2) is 10.3. The number of aromatic amines is 1. The van der Waals surface area contributed by atoms with Crippen LogP contribution in [0.3, 0.4) is 0 Å². The molecule has 0 spiro atoms. The van der Waals surface area contributed by atoms with Gasteiger partial charge < -0.3 is 10.1 Å². The molecule has 9 heteroatoms. The zero-order chi connectivity index (χ0) is 25.2. The first-order valence-corrected chi connectivity index (χ1v) is 12.4. The van der Waals surface area contributed by atoms with Gasteiger partial charge in [-0.3, -0.25) is 19.1 Å². The standard InChI is InChI=1S/C26H31ClN4O4/c1-4-11-31-22-21(24(33)30-25(31)34)19(14-20(29-22)16(2)3)23(32)28-15-26(9-12-35-13-10-26)17-5-7-18(27)8-6-17/h5-8,14,16H,4,9-13,15H2,1-3H3,(H,28,32)(H,30,33,34). The summed E-state index contributed by atoms with van der Waals surface area (Å²) < 4.78 is 7.04. The van der Waals surface area contributed by atoms with Gasteiger partial charge in [-0.1, -0.05) is 44.5 Å². The number of H-pyrrole nitrogens is 1. The van der Waals surface area contributed by atoms with Crippen molar-refractivity contribution in [2.45, 2.75) is 57.9 Å². The number of benzene rings is 1. The van der Waals surface area contributed by atoms with E-state index < -0.39 is 11.2 Å². The summed E-state index contributed by atoms with van der Waals surface area (Å²) in [6.45, 7) is 7.82. The molecule has 2 N–H and O–H groups in total. The molecule has 0 unspecified atom stereocenters. The minimum absolute atomic E-state index is 0.00585. The highest BCUT2D eigenvalue weighted by atomic mass is 35.5. The zero-order valence-corrected chi connectivity index (χ0v) is 21.1. The van der Waals surface area contributed by atoms with E-state index in [0.29, 0.717) is 43.4 Å². The second-order valence-electron chi connectivity index (χ2n) is 9.44. The van der Waals surface area contributed by atoms with Crippen molar-refractivity contribution in [3.05, 3.63) is 73.0 Å². The number of carbonyl (C=O) groups excluding carboxylic acids is 1. The highest BCUT2D eigenvalue weighted by molar-refractivity contribution is 6.30. The molecule has 0 bridgehead atoms. The van der Waals surface area contributed by atoms with Gasteiger partial charge in [0.1, 0.15) is 0 Å². The molecule has 2 aromatic heterocycles. The van der Waals surface area contributed by atoms with E-state index in [9.17, 15) is 14.4 Å². The number of ether oxygens (including phenoxy) is 1. The Kier molecular flexibility index (Phi) is 7.42. The number of pyridine rings is 1. The van der Waals surface area contributed by atoms with E-state index in [1.807, 2.05) is 45.0 Å². The summed E-state index contributed by atoms with van der Waals surface area (Å²) in [5, 5.41) is 3.87. The fraction of sp³-hybridized carbons (Fsp3) is 0.462. The fourth-order valence-electron chi connectivity index (χ4n) is 4.68. The van der Waals surface area contributed by atoms with Gasteiger partial charge in [-0.05, 0) is 48.9 Å². The van der Waals surface area contributed by atoms with Crippen molar-refractivity contribution in [1.82, 2.24) is 19.9 Å². The predicted molar refractivity (Wildman–Crippen MR) is 137 cm³/mol. The maximum atomic E-state index is 13.6. The van der Waals surface area contributed by atoms with Crippen molar-refractivity contribution in [2.75, 3.05) is 19.8 Å². The highest BCUT2D eigenvalue weighted by Gasteiger charge is 2.35. The third-order valence-corrected chi connectivity index (χ3v) is 7.00. The molecule has 186 valence electrons. The van der Waals surface area contributed by atoms with Crippen LogP contribution in [0.25, 0.3) is 11.0 Å². The Hall–Kier alpha value is -2.97. The van der Waals surface area contributed by atoms with Crippen molar-refractivity contribution in [2.24, 2.45) is 0 Å². The normalized spacial score (nSPS) is 15.5. The number of fused-ring (bicyclic) bond motifs is 1. The van der Waals surface area contributed by atoms with Crippen molar-refractivity contribution < 1.29 is 9.53 Å². The molecule has 1 saturated heterocycles. The van der Waals surface area contributed by atoms with Crippen molar-refractivity contribution in [3.8, 4) is 0 Å². The first-order valence-electron chi connectivity index (χ1n) is 12.1. The van der Waals surface area contributed by atoms with Crippen LogP contribution in [0, 0.1) is 0 Å². The highest BCUT2D eigenvalue weighted by Crippen LogP contribution is 2.35. The van der Waals surface area contributed by atoms with Gasteiger partial charge in [-0.25, -0.2) is 9.78 Å². The molecule has 1 fully saturated rings. The SMILES string of the molecule is CCCn1c(=O)[nH]c(=O)c2c(C(=O)NCC3(c4ccc(Cl)cc4)CCOCC3)cc(C(C)C)nc21. The van der Waals surface area contributed by atoms with Crippen LogP contribution in [0.2, 0.25) is 5.02 Å². The Morgan fingerprint density at radius 2 is 1.91 bits per heavy atom. The van der Waals surface area contributed by atoms with Gasteiger partial charge in [-0.15, -0.1) is 0 Å². The van der Waals surface area contributed by atoms with Gasteiger partial charge in [0.15, 0.2) is 5.65 Å². The summed E-state index contributed by atoms with van der Waals surface area (Å²) in [5.41, 5.74) is 0.771. The quantitative estimate of drug-likeness (QED) is 0.516. The maximum absolute atomic E-state index is 13.6. The van der Waals surface area contributed by atoms with Crippen LogP contribution in [-0.2, 0) is 16.7 Å². The lowest BCUT2D eigenvalue weighted by atomic mass is 9.74. The molecular weight excluding hydrogens is 468 g/mol. The lowest BCUT2D eigenvalue weighted by molar-refractivity contribution is 0.0487. The van der Waals surface area contributed by atoms with Gasteiger partial charge in [0.25, 0.3) is 11.5 Å². The number of halogens is 1. The molecule has 0 atom stereocenters. The molecule has 1 aromatic carbocycles. The molecule has 3 aromatic rings. The van der Waals surface area contributed by atoms with Crippen molar-refractivity contribution in [1.29, 1.82) is 0 Å². The Labute approximate surface area is 208 Å². The summed E-state index contributed by atoms with van der Waals surface area (Å²) in [5.74, 6) is -0.363. The Balaban J connectivity index is 1.76. The topological polar surface area (TPSA) is 106 Å². The van der Waals surface area contributed by atoms with Crippen LogP contribution in [0.5, 0.6) is 0 Å². The average Bonchev–Trinajstić information content (AvgIpc) is 2.85. The van der Waals surface area contributed by atoms with Crippen LogP contribution < -0.4 is 16.6 Å². The molecule has 1 amide bonds. The molecular formula is C26H31ClN4O4. The van der Waals surface area contributed by atoms with Crippen LogP contribution in [0.1, 0.15) is 67.6 Å². The van der Waals surface area contributed by atoms with E-state index in [0.717, 1.165) is 18.4 Å². The first-order chi connectivity index (χ1) is 16.8. The predicted octanol–water partition coefficient (Wildman–Crippen LogP) is 3.75. The minimum Gasteiger partial charge on any atom is -0.381 e. The third kappa shape index (κ3) is 5.04. The number of hydrogen-bond acceptors (Lipinski definition) is 5. The Morgan fingerprint density at radius 1 is 1.23 bits per heavy atom. The van der Waals surface area contributed by atoms with Crippen LogP contribution in [-0.4, -0.2) is 40.2 Å². The maximum Gasteiger partial charge on any atom is 0.329 e. The summed E-state index contributed by atoms with van der Waals surface area (Å²) in [7, 11) is 0. The van der Waals surface area contributed by atoms with Crippen LogP contribution in [0.4, 0.5) is 0 Å². The number of aromatic nitrogens is 3. The first kappa shape index (κ1) is 25.1. The Morgan fingerprint density at radius 3 is 2.54 bits per heavy atom. The van der Waals surface area contributed by atoms with Crippen LogP contribution >= 0.6 is 11.6 Å². The van der Waals surface area contributed by atoms with Gasteiger partial charge in [0.2, 0.25) is 0 Å².